The number of benzene rings is 1. The Morgan fingerprint density at radius 2 is 1.88 bits per heavy atom. The van der Waals surface area contributed by atoms with Crippen molar-refractivity contribution in [1.29, 1.82) is 5.41 Å². The number of alkyl halides is 3. The summed E-state index contributed by atoms with van der Waals surface area (Å²) in [6.07, 6.45) is 2.18. The maximum absolute atomic E-state index is 13.8. The summed E-state index contributed by atoms with van der Waals surface area (Å²) in [7, 11) is 1.75. The van der Waals surface area contributed by atoms with Crippen molar-refractivity contribution in [2.45, 2.75) is 52.4 Å². The van der Waals surface area contributed by atoms with Gasteiger partial charge in [-0.05, 0) is 55.0 Å². The van der Waals surface area contributed by atoms with Crippen molar-refractivity contribution in [1.82, 2.24) is 18.9 Å². The summed E-state index contributed by atoms with van der Waals surface area (Å²) in [6, 6.07) is 3.52. The molecule has 3 aromatic rings. The molecule has 0 aliphatic heterocycles. The highest BCUT2D eigenvalue weighted by Gasteiger charge is 2.39. The molecular weight excluding hydrogens is 419 g/mol. The number of aryl methyl sites for hydroxylation is 2. The van der Waals surface area contributed by atoms with E-state index in [2.05, 4.69) is 5.10 Å². The number of rotatable bonds is 5. The van der Waals surface area contributed by atoms with E-state index >= 15 is 0 Å². The molecule has 0 radical (unpaired) electrons. The number of Topliss-reactive ketones (excluding diaryl/α,β-unsaturated/α-hetero) is 1. The van der Waals surface area contributed by atoms with Crippen LogP contribution in [0.4, 0.5) is 13.2 Å². The molecule has 1 aliphatic carbocycles. The first-order valence-corrected chi connectivity index (χ1v) is 10.7. The predicted octanol–water partition coefficient (Wildman–Crippen LogP) is 4.41. The lowest BCUT2D eigenvalue weighted by Gasteiger charge is -2.26. The molecule has 0 amide bonds. The van der Waals surface area contributed by atoms with Crippen LogP contribution < -0.4 is 5.62 Å². The third-order valence-electron chi connectivity index (χ3n) is 6.26. The summed E-state index contributed by atoms with van der Waals surface area (Å²) < 4.78 is 46.1. The van der Waals surface area contributed by atoms with Gasteiger partial charge in [-0.1, -0.05) is 6.92 Å². The van der Waals surface area contributed by atoms with Gasteiger partial charge in [0.25, 0.3) is 0 Å². The minimum absolute atomic E-state index is 0.00403. The molecule has 32 heavy (non-hydrogen) atoms. The Morgan fingerprint density at radius 3 is 2.47 bits per heavy atom. The van der Waals surface area contributed by atoms with Gasteiger partial charge in [0.05, 0.1) is 6.54 Å². The number of hydrogen-bond donors (Lipinski definition) is 1. The van der Waals surface area contributed by atoms with E-state index in [0.29, 0.717) is 48.1 Å². The molecule has 1 unspecified atom stereocenters. The van der Waals surface area contributed by atoms with Crippen LogP contribution in [-0.4, -0.2) is 24.7 Å². The smallest absolute Gasteiger partial charge is 0.321 e. The average Bonchev–Trinajstić information content (AvgIpc) is 3.33. The number of ketones is 1. The second-order valence-electron chi connectivity index (χ2n) is 8.28. The number of carbonyl (C=O) groups is 1. The molecule has 1 aliphatic rings. The summed E-state index contributed by atoms with van der Waals surface area (Å²) in [5.74, 6) is -0.139. The van der Waals surface area contributed by atoms with Gasteiger partial charge in [-0.2, -0.15) is 18.3 Å². The SMILES string of the molecule is CCC1CCc2c(cc(Cn3ccn(C)c3=N)cc2-c2cn(CC)nc2C(F)(F)F)C1=O. The van der Waals surface area contributed by atoms with Gasteiger partial charge in [0.2, 0.25) is 5.62 Å². The van der Waals surface area contributed by atoms with Crippen LogP contribution in [0.5, 0.6) is 0 Å². The molecule has 1 atom stereocenters. The molecule has 0 spiro atoms. The van der Waals surface area contributed by atoms with Crippen molar-refractivity contribution < 1.29 is 18.0 Å². The highest BCUT2D eigenvalue weighted by molar-refractivity contribution is 6.02. The van der Waals surface area contributed by atoms with Crippen LogP contribution in [0, 0.1) is 11.3 Å². The van der Waals surface area contributed by atoms with Gasteiger partial charge < -0.3 is 9.13 Å². The van der Waals surface area contributed by atoms with Gasteiger partial charge in [-0.15, -0.1) is 0 Å². The van der Waals surface area contributed by atoms with Gasteiger partial charge in [-0.25, -0.2) is 0 Å². The lowest BCUT2D eigenvalue weighted by molar-refractivity contribution is -0.141. The van der Waals surface area contributed by atoms with Crippen molar-refractivity contribution in [3.05, 3.63) is 58.7 Å². The number of hydrogen-bond acceptors (Lipinski definition) is 3. The quantitative estimate of drug-likeness (QED) is 0.632. The van der Waals surface area contributed by atoms with Crippen LogP contribution in [0.25, 0.3) is 11.1 Å². The Kier molecular flexibility index (Phi) is 5.60. The maximum Gasteiger partial charge on any atom is 0.435 e. The van der Waals surface area contributed by atoms with E-state index in [1.807, 2.05) is 6.92 Å². The fraction of sp³-hybridized carbons (Fsp3) is 0.435. The number of halogens is 3. The Hall–Kier alpha value is -3.10. The van der Waals surface area contributed by atoms with Crippen LogP contribution >= 0.6 is 0 Å². The van der Waals surface area contributed by atoms with E-state index in [1.165, 1.54) is 10.9 Å². The molecule has 6 nitrogen and oxygen atoms in total. The molecular formula is C23H26F3N5O. The van der Waals surface area contributed by atoms with Crippen LogP contribution in [0.3, 0.4) is 0 Å². The maximum atomic E-state index is 13.8. The highest BCUT2D eigenvalue weighted by Crippen LogP contribution is 2.41. The summed E-state index contributed by atoms with van der Waals surface area (Å²) in [5, 5.41) is 11.9. The molecule has 2 heterocycles. The number of nitrogens with zero attached hydrogens (tertiary/aromatic N) is 4. The van der Waals surface area contributed by atoms with Gasteiger partial charge in [-0.3, -0.25) is 14.9 Å². The van der Waals surface area contributed by atoms with E-state index in [0.717, 1.165) is 0 Å². The van der Waals surface area contributed by atoms with Crippen molar-refractivity contribution in [3.8, 4) is 11.1 Å². The molecule has 9 heteroatoms. The third-order valence-corrected chi connectivity index (χ3v) is 6.26. The minimum atomic E-state index is -4.61. The Balaban J connectivity index is 1.93. The monoisotopic (exact) mass is 445 g/mol. The Morgan fingerprint density at radius 1 is 1.16 bits per heavy atom. The first kappa shape index (κ1) is 22.1. The van der Waals surface area contributed by atoms with Crippen LogP contribution in [0.2, 0.25) is 0 Å². The topological polar surface area (TPSA) is 68.6 Å². The number of fused-ring (bicyclic) bond motifs is 1. The first-order valence-electron chi connectivity index (χ1n) is 10.7. The molecule has 170 valence electrons. The van der Waals surface area contributed by atoms with Crippen LogP contribution in [-0.2, 0) is 32.7 Å². The van der Waals surface area contributed by atoms with Crippen molar-refractivity contribution in [2.75, 3.05) is 0 Å². The van der Waals surface area contributed by atoms with E-state index < -0.39 is 11.9 Å². The molecule has 0 fully saturated rings. The van der Waals surface area contributed by atoms with Gasteiger partial charge in [0, 0.05) is 49.2 Å². The van der Waals surface area contributed by atoms with Crippen LogP contribution in [0.15, 0.2) is 30.7 Å². The second-order valence-corrected chi connectivity index (χ2v) is 8.28. The number of aromatic nitrogens is 4. The number of imidazole rings is 1. The molecule has 2 aromatic heterocycles. The zero-order chi connectivity index (χ0) is 23.2. The molecule has 1 aromatic carbocycles. The summed E-state index contributed by atoms with van der Waals surface area (Å²) in [5.41, 5.74) is 1.59. The van der Waals surface area contributed by atoms with Crippen molar-refractivity contribution in [2.24, 2.45) is 13.0 Å². The number of carbonyl (C=O) groups excluding carboxylic acids is 1. The van der Waals surface area contributed by atoms with Crippen molar-refractivity contribution in [3.63, 3.8) is 0 Å². The zero-order valence-corrected chi connectivity index (χ0v) is 18.3. The summed E-state index contributed by atoms with van der Waals surface area (Å²) in [4.78, 5) is 13.2. The summed E-state index contributed by atoms with van der Waals surface area (Å²) in [6.45, 7) is 4.29. The van der Waals surface area contributed by atoms with E-state index in [4.69, 9.17) is 5.41 Å². The largest absolute Gasteiger partial charge is 0.435 e. The number of nitrogens with one attached hydrogen (secondary N) is 1. The Bertz CT molecular complexity index is 1230. The van der Waals surface area contributed by atoms with Crippen LogP contribution in [0.1, 0.15) is 53.9 Å². The fourth-order valence-electron chi connectivity index (χ4n) is 4.45. The third kappa shape index (κ3) is 3.80. The predicted molar refractivity (Wildman–Crippen MR) is 113 cm³/mol. The van der Waals surface area contributed by atoms with Gasteiger partial charge in [0.15, 0.2) is 11.5 Å². The average molecular weight is 445 g/mol. The standard InChI is InChI=1S/C23H26F3N5O/c1-4-15-6-7-16-17(19-13-31(5-2)28-21(19)23(24,25)26)10-14(11-18(16)20(15)32)12-30-9-8-29(3)22(30)27/h8-11,13,15,27H,4-7,12H2,1-3H3. The Labute approximate surface area is 183 Å². The fourth-order valence-corrected chi connectivity index (χ4v) is 4.45. The second kappa shape index (κ2) is 8.11. The van der Waals surface area contributed by atoms with Gasteiger partial charge in [0.1, 0.15) is 0 Å². The molecule has 0 saturated heterocycles. The van der Waals surface area contributed by atoms with E-state index in [9.17, 15) is 18.0 Å². The molecule has 0 bridgehead atoms. The van der Waals surface area contributed by atoms with E-state index in [-0.39, 0.29) is 29.4 Å². The summed E-state index contributed by atoms with van der Waals surface area (Å²) >= 11 is 0. The molecule has 0 saturated carbocycles. The molecule has 4 rings (SSSR count). The zero-order valence-electron chi connectivity index (χ0n) is 18.3. The lowest BCUT2D eigenvalue weighted by Crippen LogP contribution is -2.25. The lowest BCUT2D eigenvalue weighted by atomic mass is 9.77. The first-order chi connectivity index (χ1) is 15.1. The highest BCUT2D eigenvalue weighted by atomic mass is 19.4. The van der Waals surface area contributed by atoms with Crippen molar-refractivity contribution >= 4 is 5.78 Å². The minimum Gasteiger partial charge on any atom is -0.321 e. The molecule has 1 N–H and O–H groups in total. The van der Waals surface area contributed by atoms with E-state index in [1.54, 1.807) is 47.6 Å². The normalized spacial score (nSPS) is 16.4. The van der Waals surface area contributed by atoms with Gasteiger partial charge >= 0.3 is 6.18 Å².